The number of nitrogens with two attached hydrogens (primary N) is 1. The molecule has 0 aliphatic heterocycles. The third-order valence-electron chi connectivity index (χ3n) is 3.22. The highest BCUT2D eigenvalue weighted by molar-refractivity contribution is 7.89. The number of amides is 1. The van der Waals surface area contributed by atoms with Gasteiger partial charge in [0.05, 0.1) is 0 Å². The van der Waals surface area contributed by atoms with Gasteiger partial charge in [-0.15, -0.1) is 0 Å². The summed E-state index contributed by atoms with van der Waals surface area (Å²) in [5.41, 5.74) is 0.231. The van der Waals surface area contributed by atoms with Gasteiger partial charge in [-0.05, 0) is 37.0 Å². The Balaban J connectivity index is 2.05. The standard InChI is InChI=1S/C12H15FN2O3S/c13-10-7-9(4-5-11(10)19(14,17)18)15-12(16)6-8-2-1-3-8/h4-5,7-8H,1-3,6H2,(H,15,16)(H2,14,17,18). The predicted octanol–water partition coefficient (Wildman–Crippen LogP) is 1.60. The molecular formula is C12H15FN2O3S. The molecule has 0 unspecified atom stereocenters. The van der Waals surface area contributed by atoms with Crippen molar-refractivity contribution in [1.29, 1.82) is 0 Å². The van der Waals surface area contributed by atoms with E-state index in [2.05, 4.69) is 5.32 Å². The van der Waals surface area contributed by atoms with Gasteiger partial charge in [-0.3, -0.25) is 4.79 Å². The van der Waals surface area contributed by atoms with Gasteiger partial charge < -0.3 is 5.32 Å². The summed E-state index contributed by atoms with van der Waals surface area (Å²) in [6.07, 6.45) is 3.66. The topological polar surface area (TPSA) is 89.3 Å². The minimum absolute atomic E-state index is 0.188. The van der Waals surface area contributed by atoms with Gasteiger partial charge in [0.25, 0.3) is 0 Å². The normalized spacial score (nSPS) is 15.9. The molecule has 0 radical (unpaired) electrons. The van der Waals surface area contributed by atoms with Crippen LogP contribution in [0.3, 0.4) is 0 Å². The van der Waals surface area contributed by atoms with Crippen molar-refractivity contribution in [3.05, 3.63) is 24.0 Å². The first-order valence-electron chi connectivity index (χ1n) is 5.98. The summed E-state index contributed by atoms with van der Waals surface area (Å²) in [7, 11) is -4.08. The highest BCUT2D eigenvalue weighted by Crippen LogP contribution is 2.29. The van der Waals surface area contributed by atoms with Crippen LogP contribution in [0.15, 0.2) is 23.1 Å². The summed E-state index contributed by atoms with van der Waals surface area (Å²) < 4.78 is 35.6. The molecule has 1 saturated carbocycles. The van der Waals surface area contributed by atoms with E-state index in [4.69, 9.17) is 5.14 Å². The fraction of sp³-hybridized carbons (Fsp3) is 0.417. The predicted molar refractivity (Wildman–Crippen MR) is 68.4 cm³/mol. The lowest BCUT2D eigenvalue weighted by atomic mass is 9.83. The van der Waals surface area contributed by atoms with Gasteiger partial charge in [0.2, 0.25) is 15.9 Å². The Labute approximate surface area is 111 Å². The molecule has 104 valence electrons. The van der Waals surface area contributed by atoms with Crippen molar-refractivity contribution in [3.63, 3.8) is 0 Å². The van der Waals surface area contributed by atoms with E-state index in [1.54, 1.807) is 0 Å². The number of rotatable bonds is 4. The van der Waals surface area contributed by atoms with Crippen molar-refractivity contribution in [1.82, 2.24) is 0 Å². The zero-order chi connectivity index (χ0) is 14.0. The van der Waals surface area contributed by atoms with Crippen molar-refractivity contribution in [2.75, 3.05) is 5.32 Å². The van der Waals surface area contributed by atoms with Crippen LogP contribution in [-0.2, 0) is 14.8 Å². The largest absolute Gasteiger partial charge is 0.326 e. The van der Waals surface area contributed by atoms with Crippen LogP contribution in [-0.4, -0.2) is 14.3 Å². The van der Waals surface area contributed by atoms with Crippen molar-refractivity contribution < 1.29 is 17.6 Å². The van der Waals surface area contributed by atoms with Gasteiger partial charge in [-0.25, -0.2) is 17.9 Å². The fourth-order valence-corrected chi connectivity index (χ4v) is 2.57. The minimum Gasteiger partial charge on any atom is -0.326 e. The first kappa shape index (κ1) is 14.0. The molecule has 0 saturated heterocycles. The van der Waals surface area contributed by atoms with Crippen LogP contribution < -0.4 is 10.5 Å². The summed E-state index contributed by atoms with van der Waals surface area (Å²) in [6.45, 7) is 0. The molecule has 1 amide bonds. The number of primary sulfonamides is 1. The number of carbonyl (C=O) groups is 1. The molecule has 19 heavy (non-hydrogen) atoms. The Morgan fingerprint density at radius 3 is 2.58 bits per heavy atom. The molecule has 1 aliphatic rings. The molecule has 0 aromatic heterocycles. The lowest BCUT2D eigenvalue weighted by Gasteiger charge is -2.24. The van der Waals surface area contributed by atoms with E-state index in [0.717, 1.165) is 31.4 Å². The van der Waals surface area contributed by atoms with E-state index < -0.39 is 20.7 Å². The molecule has 1 aromatic carbocycles. The Morgan fingerprint density at radius 1 is 1.42 bits per heavy atom. The maximum absolute atomic E-state index is 13.5. The average Bonchev–Trinajstić information content (AvgIpc) is 2.21. The van der Waals surface area contributed by atoms with Gasteiger partial charge in [0, 0.05) is 12.1 Å². The van der Waals surface area contributed by atoms with Crippen LogP contribution in [0.25, 0.3) is 0 Å². The summed E-state index contributed by atoms with van der Waals surface area (Å²) in [4.78, 5) is 11.1. The van der Waals surface area contributed by atoms with Crippen molar-refractivity contribution >= 4 is 21.6 Å². The Morgan fingerprint density at radius 2 is 2.11 bits per heavy atom. The summed E-state index contributed by atoms with van der Waals surface area (Å²) in [6, 6.07) is 3.32. The molecule has 0 spiro atoms. The second kappa shape index (κ2) is 5.26. The van der Waals surface area contributed by atoms with E-state index in [9.17, 15) is 17.6 Å². The number of halogens is 1. The monoisotopic (exact) mass is 286 g/mol. The summed E-state index contributed by atoms with van der Waals surface area (Å²) >= 11 is 0. The highest BCUT2D eigenvalue weighted by atomic mass is 32.2. The van der Waals surface area contributed by atoms with Crippen LogP contribution in [0, 0.1) is 11.7 Å². The number of hydrogen-bond donors (Lipinski definition) is 2. The molecule has 0 heterocycles. The maximum atomic E-state index is 13.5. The van der Waals surface area contributed by atoms with Crippen molar-refractivity contribution in [2.24, 2.45) is 11.1 Å². The molecule has 1 aliphatic carbocycles. The molecule has 2 rings (SSSR count). The second-order valence-electron chi connectivity index (χ2n) is 4.74. The number of nitrogens with one attached hydrogen (secondary N) is 1. The molecule has 0 atom stereocenters. The first-order chi connectivity index (χ1) is 8.86. The number of sulfonamides is 1. The number of hydrogen-bond acceptors (Lipinski definition) is 3. The van der Waals surface area contributed by atoms with Gasteiger partial charge in [0.15, 0.2) is 0 Å². The van der Waals surface area contributed by atoms with E-state index in [1.165, 1.54) is 6.07 Å². The first-order valence-corrected chi connectivity index (χ1v) is 7.53. The second-order valence-corrected chi connectivity index (χ2v) is 6.27. The van der Waals surface area contributed by atoms with Crippen molar-refractivity contribution in [3.8, 4) is 0 Å². The van der Waals surface area contributed by atoms with Crippen LogP contribution in [0.1, 0.15) is 25.7 Å². The van der Waals surface area contributed by atoms with Crippen LogP contribution >= 0.6 is 0 Å². The highest BCUT2D eigenvalue weighted by Gasteiger charge is 2.21. The van der Waals surface area contributed by atoms with Crippen molar-refractivity contribution in [2.45, 2.75) is 30.6 Å². The molecule has 1 aromatic rings. The number of anilines is 1. The van der Waals surface area contributed by atoms with Gasteiger partial charge >= 0.3 is 0 Å². The number of carbonyl (C=O) groups excluding carboxylic acids is 1. The average molecular weight is 286 g/mol. The van der Waals surface area contributed by atoms with Crippen LogP contribution in [0.5, 0.6) is 0 Å². The Kier molecular flexibility index (Phi) is 3.86. The van der Waals surface area contributed by atoms with Gasteiger partial charge in [0.1, 0.15) is 10.7 Å². The Bertz CT molecular complexity index is 597. The molecule has 5 nitrogen and oxygen atoms in total. The van der Waals surface area contributed by atoms with Gasteiger partial charge in [-0.1, -0.05) is 6.42 Å². The zero-order valence-electron chi connectivity index (χ0n) is 10.2. The lowest BCUT2D eigenvalue weighted by molar-refractivity contribution is -0.117. The van der Waals surface area contributed by atoms with E-state index in [1.807, 2.05) is 0 Å². The SMILES string of the molecule is NS(=O)(=O)c1ccc(NC(=O)CC2CCC2)cc1F. The summed E-state index contributed by atoms with van der Waals surface area (Å²) in [5.74, 6) is -0.745. The smallest absolute Gasteiger partial charge is 0.240 e. The molecule has 7 heteroatoms. The van der Waals surface area contributed by atoms with E-state index in [-0.39, 0.29) is 11.6 Å². The third-order valence-corrected chi connectivity index (χ3v) is 4.17. The van der Waals surface area contributed by atoms with E-state index in [0.29, 0.717) is 12.3 Å². The zero-order valence-corrected chi connectivity index (χ0v) is 11.0. The van der Waals surface area contributed by atoms with Crippen LogP contribution in [0.4, 0.5) is 10.1 Å². The van der Waals surface area contributed by atoms with E-state index >= 15 is 0 Å². The van der Waals surface area contributed by atoms with Crippen LogP contribution in [0.2, 0.25) is 0 Å². The fourth-order valence-electron chi connectivity index (χ4n) is 1.98. The molecular weight excluding hydrogens is 271 g/mol. The molecule has 3 N–H and O–H groups in total. The third kappa shape index (κ3) is 3.51. The quantitative estimate of drug-likeness (QED) is 0.881. The number of benzene rings is 1. The molecule has 0 bridgehead atoms. The summed E-state index contributed by atoms with van der Waals surface area (Å²) in [5, 5.41) is 7.39. The maximum Gasteiger partial charge on any atom is 0.240 e. The lowest BCUT2D eigenvalue weighted by Crippen LogP contribution is -2.21. The minimum atomic E-state index is -4.08. The Hall–Kier alpha value is -1.47. The van der Waals surface area contributed by atoms with Gasteiger partial charge in [-0.2, -0.15) is 0 Å². The molecule has 1 fully saturated rings.